The van der Waals surface area contributed by atoms with Gasteiger partial charge in [0.1, 0.15) is 5.75 Å². The maximum Gasteiger partial charge on any atom is 0.268 e. The molecule has 0 bridgehead atoms. The molecule has 190 valence electrons. The molecular formula is C29H30N4O3S. The largest absolute Gasteiger partial charge is 0.497 e. The Morgan fingerprint density at radius 1 is 1.05 bits per heavy atom. The van der Waals surface area contributed by atoms with Gasteiger partial charge in [0.15, 0.2) is 11.0 Å². The van der Waals surface area contributed by atoms with E-state index in [0.29, 0.717) is 41.0 Å². The third kappa shape index (κ3) is 6.59. The van der Waals surface area contributed by atoms with E-state index >= 15 is 0 Å². The lowest BCUT2D eigenvalue weighted by Gasteiger charge is -2.16. The Morgan fingerprint density at radius 2 is 1.81 bits per heavy atom. The van der Waals surface area contributed by atoms with Crippen LogP contribution in [0.1, 0.15) is 35.3 Å². The second-order valence-electron chi connectivity index (χ2n) is 8.43. The van der Waals surface area contributed by atoms with E-state index in [2.05, 4.69) is 10.6 Å². The van der Waals surface area contributed by atoms with Gasteiger partial charge in [-0.15, -0.1) is 0 Å². The smallest absolute Gasteiger partial charge is 0.268 e. The number of methoxy groups -OCH3 is 1. The summed E-state index contributed by atoms with van der Waals surface area (Å²) < 4.78 is 5.21. The van der Waals surface area contributed by atoms with E-state index in [1.54, 1.807) is 30.3 Å². The van der Waals surface area contributed by atoms with Crippen LogP contribution in [0.5, 0.6) is 5.75 Å². The van der Waals surface area contributed by atoms with Gasteiger partial charge in [-0.3, -0.25) is 14.5 Å². The number of nitrogens with one attached hydrogen (secondary N) is 2. The summed E-state index contributed by atoms with van der Waals surface area (Å²) in [5.41, 5.74) is 4.07. The number of nitrogens with zero attached hydrogens (tertiary/aromatic N) is 2. The van der Waals surface area contributed by atoms with Crippen LogP contribution in [-0.4, -0.2) is 35.4 Å². The van der Waals surface area contributed by atoms with Crippen LogP contribution in [0.2, 0.25) is 0 Å². The molecule has 1 saturated heterocycles. The molecule has 1 aliphatic rings. The predicted molar refractivity (Wildman–Crippen MR) is 150 cm³/mol. The number of ether oxygens (including phenoxy) is 1. The van der Waals surface area contributed by atoms with E-state index in [1.807, 2.05) is 67.6 Å². The first-order chi connectivity index (χ1) is 18.0. The van der Waals surface area contributed by atoms with E-state index in [1.165, 1.54) is 18.7 Å². The van der Waals surface area contributed by atoms with Crippen LogP contribution in [0.3, 0.4) is 0 Å². The van der Waals surface area contributed by atoms with Crippen molar-refractivity contribution in [2.75, 3.05) is 19.0 Å². The molecule has 0 radical (unpaired) electrons. The summed E-state index contributed by atoms with van der Waals surface area (Å²) in [5, 5.41) is 7.11. The number of benzene rings is 3. The Bertz CT molecular complexity index is 1320. The van der Waals surface area contributed by atoms with Crippen molar-refractivity contribution in [2.45, 2.75) is 26.9 Å². The molecule has 0 unspecified atom stereocenters. The quantitative estimate of drug-likeness (QED) is 0.266. The van der Waals surface area contributed by atoms with Crippen molar-refractivity contribution in [3.63, 3.8) is 0 Å². The average molecular weight is 515 g/mol. The standard InChI is InChI=1S/C29H30N4O3S/c1-4-31-25-15-12-23(20(2)34)16-26(25)32-29-33(19-22-8-6-5-7-9-22)28(35)27(37-29)18-30-17-21-10-13-24(36-3)14-11-21/h5-16,18,30-31H,4,17,19H2,1-3H3/b27-18-,32-29+. The second kappa shape index (κ2) is 12.3. The Hall–Kier alpha value is -4.04. The second-order valence-corrected chi connectivity index (χ2v) is 9.44. The first-order valence-electron chi connectivity index (χ1n) is 12.1. The Balaban J connectivity index is 1.63. The summed E-state index contributed by atoms with van der Waals surface area (Å²) in [5.74, 6) is 0.637. The lowest BCUT2D eigenvalue weighted by atomic mass is 10.1. The van der Waals surface area contributed by atoms with Gasteiger partial charge in [-0.25, -0.2) is 4.99 Å². The molecule has 0 atom stereocenters. The molecule has 1 aliphatic heterocycles. The fraction of sp³-hybridized carbons (Fsp3) is 0.207. The molecule has 37 heavy (non-hydrogen) atoms. The first-order valence-corrected chi connectivity index (χ1v) is 12.9. The fourth-order valence-electron chi connectivity index (χ4n) is 3.79. The van der Waals surface area contributed by atoms with Gasteiger partial charge in [-0.1, -0.05) is 42.5 Å². The van der Waals surface area contributed by atoms with Crippen LogP contribution < -0.4 is 15.4 Å². The number of Topliss-reactive ketones (excluding diaryl/α,β-unsaturated/α-hetero) is 1. The molecule has 0 spiro atoms. The van der Waals surface area contributed by atoms with Crippen LogP contribution in [0.4, 0.5) is 11.4 Å². The van der Waals surface area contributed by atoms with Crippen molar-refractivity contribution >= 4 is 40.0 Å². The molecule has 8 heteroatoms. The fourth-order valence-corrected chi connectivity index (χ4v) is 4.73. The summed E-state index contributed by atoms with van der Waals surface area (Å²) in [6.45, 7) is 5.20. The van der Waals surface area contributed by atoms with Gasteiger partial charge in [-0.2, -0.15) is 0 Å². The number of carbonyl (C=O) groups is 2. The Kier molecular flexibility index (Phi) is 8.64. The minimum atomic E-state index is -0.123. The van der Waals surface area contributed by atoms with Crippen molar-refractivity contribution in [1.82, 2.24) is 10.2 Å². The SMILES string of the molecule is CCNc1ccc(C(C)=O)cc1/N=C1/S/C(=C\NCc2ccc(OC)cc2)C(=O)N1Cc1ccccc1. The molecule has 4 rings (SSSR count). The normalized spacial score (nSPS) is 15.3. The van der Waals surface area contributed by atoms with Crippen LogP contribution in [0, 0.1) is 0 Å². The van der Waals surface area contributed by atoms with Gasteiger partial charge in [0.2, 0.25) is 0 Å². The highest BCUT2D eigenvalue weighted by Gasteiger charge is 2.33. The summed E-state index contributed by atoms with van der Waals surface area (Å²) in [6, 6.07) is 23.0. The molecular weight excluding hydrogens is 484 g/mol. The summed E-state index contributed by atoms with van der Waals surface area (Å²) in [7, 11) is 1.64. The molecule has 1 heterocycles. The third-order valence-electron chi connectivity index (χ3n) is 5.76. The highest BCUT2D eigenvalue weighted by molar-refractivity contribution is 8.18. The van der Waals surface area contributed by atoms with Gasteiger partial charge < -0.3 is 15.4 Å². The van der Waals surface area contributed by atoms with Crippen molar-refractivity contribution < 1.29 is 14.3 Å². The zero-order chi connectivity index (χ0) is 26.2. The number of anilines is 1. The number of amides is 1. The van der Waals surface area contributed by atoms with Gasteiger partial charge >= 0.3 is 0 Å². The van der Waals surface area contributed by atoms with Crippen LogP contribution in [0.15, 0.2) is 88.9 Å². The van der Waals surface area contributed by atoms with Crippen LogP contribution in [-0.2, 0) is 17.9 Å². The highest BCUT2D eigenvalue weighted by Crippen LogP contribution is 2.36. The predicted octanol–water partition coefficient (Wildman–Crippen LogP) is 5.72. The van der Waals surface area contributed by atoms with Gasteiger partial charge in [0, 0.05) is 24.9 Å². The Morgan fingerprint density at radius 3 is 2.49 bits per heavy atom. The van der Waals surface area contributed by atoms with Gasteiger partial charge in [0.25, 0.3) is 5.91 Å². The summed E-state index contributed by atoms with van der Waals surface area (Å²) >= 11 is 1.32. The zero-order valence-corrected chi connectivity index (χ0v) is 22.0. The molecule has 3 aromatic rings. The third-order valence-corrected chi connectivity index (χ3v) is 6.76. The maximum atomic E-state index is 13.5. The molecule has 3 aromatic carbocycles. The molecule has 0 aliphatic carbocycles. The van der Waals surface area contributed by atoms with Gasteiger partial charge in [0.05, 0.1) is 29.9 Å². The highest BCUT2D eigenvalue weighted by atomic mass is 32.2. The first kappa shape index (κ1) is 26.0. The van der Waals surface area contributed by atoms with Gasteiger partial charge in [-0.05, 0) is 67.1 Å². The number of hydrogen-bond donors (Lipinski definition) is 2. The molecule has 7 nitrogen and oxygen atoms in total. The number of ketones is 1. The molecule has 1 amide bonds. The van der Waals surface area contributed by atoms with Crippen molar-refractivity contribution in [3.05, 3.63) is 101 Å². The zero-order valence-electron chi connectivity index (χ0n) is 21.2. The number of aliphatic imine (C=N–C) groups is 1. The number of thioether (sulfide) groups is 1. The lowest BCUT2D eigenvalue weighted by molar-refractivity contribution is -0.122. The molecule has 2 N–H and O–H groups in total. The number of carbonyl (C=O) groups excluding carboxylic acids is 2. The average Bonchev–Trinajstić information content (AvgIpc) is 3.19. The van der Waals surface area contributed by atoms with E-state index in [4.69, 9.17) is 9.73 Å². The topological polar surface area (TPSA) is 83.0 Å². The molecule has 0 saturated carbocycles. The minimum absolute atomic E-state index is 0.0379. The molecule has 0 aromatic heterocycles. The van der Waals surface area contributed by atoms with Crippen LogP contribution >= 0.6 is 11.8 Å². The van der Waals surface area contributed by atoms with E-state index in [0.717, 1.165) is 22.6 Å². The number of amidine groups is 1. The summed E-state index contributed by atoms with van der Waals surface area (Å²) in [6.07, 6.45) is 1.74. The Labute approximate surface area is 221 Å². The number of hydrogen-bond acceptors (Lipinski definition) is 7. The number of rotatable bonds is 10. The van der Waals surface area contributed by atoms with Crippen LogP contribution in [0.25, 0.3) is 0 Å². The lowest BCUT2D eigenvalue weighted by Crippen LogP contribution is -2.28. The van der Waals surface area contributed by atoms with Crippen molar-refractivity contribution in [1.29, 1.82) is 0 Å². The van der Waals surface area contributed by atoms with E-state index in [9.17, 15) is 9.59 Å². The van der Waals surface area contributed by atoms with Crippen molar-refractivity contribution in [3.8, 4) is 5.75 Å². The van der Waals surface area contributed by atoms with E-state index in [-0.39, 0.29) is 11.7 Å². The van der Waals surface area contributed by atoms with Crippen molar-refractivity contribution in [2.24, 2.45) is 4.99 Å². The summed E-state index contributed by atoms with van der Waals surface area (Å²) in [4.78, 5) is 32.6. The monoisotopic (exact) mass is 514 g/mol. The van der Waals surface area contributed by atoms with E-state index < -0.39 is 0 Å². The maximum absolute atomic E-state index is 13.5. The molecule has 1 fully saturated rings. The minimum Gasteiger partial charge on any atom is -0.497 e.